The largest absolute Gasteiger partial charge is 0.491 e. The van der Waals surface area contributed by atoms with E-state index in [0.717, 1.165) is 47.8 Å². The molecule has 1 aromatic heterocycles. The number of hydrogen-bond donors (Lipinski definition) is 1. The summed E-state index contributed by atoms with van der Waals surface area (Å²) in [6.45, 7) is 5.38. The van der Waals surface area contributed by atoms with E-state index in [1.54, 1.807) is 0 Å². The number of carbonyl (C=O) groups excluding carboxylic acids is 1. The smallest absolute Gasteiger partial charge is 0.224 e. The van der Waals surface area contributed by atoms with Crippen LogP contribution in [0.3, 0.4) is 0 Å². The first kappa shape index (κ1) is 18.5. The lowest BCUT2D eigenvalue weighted by Gasteiger charge is -2.12. The molecule has 1 amide bonds. The zero-order chi connectivity index (χ0) is 18.5. The predicted octanol–water partition coefficient (Wildman–Crippen LogP) is 3.17. The van der Waals surface area contributed by atoms with E-state index in [1.165, 1.54) is 0 Å². The number of rotatable bonds is 7. The molecule has 3 rings (SSSR count). The summed E-state index contributed by atoms with van der Waals surface area (Å²) in [6.07, 6.45) is 3.43. The number of carbonyl (C=O) groups is 1. The Labute approximate surface area is 154 Å². The van der Waals surface area contributed by atoms with Crippen LogP contribution in [0.15, 0.2) is 24.3 Å². The van der Waals surface area contributed by atoms with Crippen molar-refractivity contribution in [3.8, 4) is 5.75 Å². The summed E-state index contributed by atoms with van der Waals surface area (Å²) in [5.41, 5.74) is 4.00. The first-order valence-corrected chi connectivity index (χ1v) is 9.16. The molecular weight excluding hydrogens is 330 g/mol. The summed E-state index contributed by atoms with van der Waals surface area (Å²) < 4.78 is 13.2. The molecule has 1 saturated heterocycles. The Morgan fingerprint density at radius 1 is 1.42 bits per heavy atom. The number of nitrogens with zero attached hydrogens (tertiary/aromatic N) is 2. The second kappa shape index (κ2) is 8.36. The normalized spacial score (nSPS) is 16.7. The van der Waals surface area contributed by atoms with Gasteiger partial charge in [0.15, 0.2) is 0 Å². The molecule has 6 nitrogen and oxygen atoms in total. The van der Waals surface area contributed by atoms with Crippen LogP contribution in [0.4, 0.5) is 5.69 Å². The molecule has 1 N–H and O–H groups in total. The van der Waals surface area contributed by atoms with Crippen LogP contribution in [-0.2, 0) is 23.0 Å². The van der Waals surface area contributed by atoms with Crippen molar-refractivity contribution in [2.75, 3.05) is 18.5 Å². The summed E-state index contributed by atoms with van der Waals surface area (Å²) >= 11 is 0. The van der Waals surface area contributed by atoms with E-state index < -0.39 is 0 Å². The second-order valence-electron chi connectivity index (χ2n) is 6.80. The van der Waals surface area contributed by atoms with Gasteiger partial charge in [-0.15, -0.1) is 0 Å². The van der Waals surface area contributed by atoms with Crippen LogP contribution in [0.5, 0.6) is 5.75 Å². The van der Waals surface area contributed by atoms with Gasteiger partial charge in [-0.2, -0.15) is 5.10 Å². The Kier molecular flexibility index (Phi) is 5.93. The van der Waals surface area contributed by atoms with Crippen molar-refractivity contribution in [1.82, 2.24) is 9.78 Å². The maximum atomic E-state index is 12.3. The van der Waals surface area contributed by atoms with Gasteiger partial charge in [-0.3, -0.25) is 9.48 Å². The molecule has 6 heteroatoms. The SMILES string of the molecule is Cc1nn(C)c(C)c1CCC(=O)Nc1cccc(OCC2CCCO2)c1. The number of aromatic nitrogens is 2. The fraction of sp³-hybridized carbons (Fsp3) is 0.500. The Morgan fingerprint density at radius 2 is 2.27 bits per heavy atom. The van der Waals surface area contributed by atoms with Crippen molar-refractivity contribution in [2.24, 2.45) is 7.05 Å². The van der Waals surface area contributed by atoms with E-state index in [-0.39, 0.29) is 12.0 Å². The van der Waals surface area contributed by atoms with Gasteiger partial charge in [-0.25, -0.2) is 0 Å². The first-order chi connectivity index (χ1) is 12.5. The lowest BCUT2D eigenvalue weighted by atomic mass is 10.1. The van der Waals surface area contributed by atoms with Crippen molar-refractivity contribution >= 4 is 11.6 Å². The fourth-order valence-electron chi connectivity index (χ4n) is 3.27. The molecule has 26 heavy (non-hydrogen) atoms. The Bertz CT molecular complexity index is 764. The van der Waals surface area contributed by atoms with Crippen LogP contribution in [-0.4, -0.2) is 35.0 Å². The molecule has 2 heterocycles. The topological polar surface area (TPSA) is 65.4 Å². The number of hydrogen-bond acceptors (Lipinski definition) is 4. The minimum Gasteiger partial charge on any atom is -0.491 e. The molecule has 0 spiro atoms. The van der Waals surface area contributed by atoms with E-state index in [1.807, 2.05) is 49.8 Å². The van der Waals surface area contributed by atoms with Gasteiger partial charge in [-0.1, -0.05) is 6.07 Å². The van der Waals surface area contributed by atoms with E-state index in [9.17, 15) is 4.79 Å². The van der Waals surface area contributed by atoms with E-state index in [0.29, 0.717) is 19.4 Å². The number of nitrogens with one attached hydrogen (secondary N) is 1. The van der Waals surface area contributed by atoms with E-state index >= 15 is 0 Å². The third-order valence-electron chi connectivity index (χ3n) is 4.84. The lowest BCUT2D eigenvalue weighted by molar-refractivity contribution is -0.116. The maximum absolute atomic E-state index is 12.3. The molecule has 1 aliphatic rings. The molecule has 1 aliphatic heterocycles. The quantitative estimate of drug-likeness (QED) is 0.827. The number of aryl methyl sites for hydroxylation is 2. The molecule has 0 bridgehead atoms. The Balaban J connectivity index is 1.51. The standard InChI is InChI=1S/C20H27N3O3/c1-14-19(15(2)23(3)22-14)9-10-20(24)21-16-6-4-7-17(12-16)26-13-18-8-5-11-25-18/h4,6-7,12,18H,5,8-11,13H2,1-3H3,(H,21,24). The zero-order valence-corrected chi connectivity index (χ0v) is 15.7. The van der Waals surface area contributed by atoms with Gasteiger partial charge in [0.1, 0.15) is 12.4 Å². The molecule has 1 fully saturated rings. The lowest BCUT2D eigenvalue weighted by Crippen LogP contribution is -2.16. The zero-order valence-electron chi connectivity index (χ0n) is 15.7. The Hall–Kier alpha value is -2.34. The second-order valence-corrected chi connectivity index (χ2v) is 6.80. The van der Waals surface area contributed by atoms with Gasteiger partial charge in [0, 0.05) is 37.5 Å². The van der Waals surface area contributed by atoms with Crippen LogP contribution in [0.1, 0.15) is 36.2 Å². The van der Waals surface area contributed by atoms with Crippen LogP contribution in [0.2, 0.25) is 0 Å². The molecule has 140 valence electrons. The predicted molar refractivity (Wildman–Crippen MR) is 101 cm³/mol. The molecular formula is C20H27N3O3. The highest BCUT2D eigenvalue weighted by Crippen LogP contribution is 2.20. The van der Waals surface area contributed by atoms with Crippen molar-refractivity contribution in [3.05, 3.63) is 41.2 Å². The van der Waals surface area contributed by atoms with Crippen molar-refractivity contribution in [1.29, 1.82) is 0 Å². The average Bonchev–Trinajstić information content (AvgIpc) is 3.21. The highest BCUT2D eigenvalue weighted by atomic mass is 16.5. The van der Waals surface area contributed by atoms with Crippen molar-refractivity contribution < 1.29 is 14.3 Å². The highest BCUT2D eigenvalue weighted by molar-refractivity contribution is 5.91. The Morgan fingerprint density at radius 3 is 2.96 bits per heavy atom. The highest BCUT2D eigenvalue weighted by Gasteiger charge is 2.16. The monoisotopic (exact) mass is 357 g/mol. The number of anilines is 1. The summed E-state index contributed by atoms with van der Waals surface area (Å²) in [4.78, 5) is 12.3. The average molecular weight is 357 g/mol. The molecule has 0 radical (unpaired) electrons. The minimum atomic E-state index is -0.0103. The van der Waals surface area contributed by atoms with Gasteiger partial charge in [0.05, 0.1) is 11.8 Å². The fourth-order valence-corrected chi connectivity index (χ4v) is 3.27. The molecule has 1 atom stereocenters. The van der Waals surface area contributed by atoms with Gasteiger partial charge in [-0.05, 0) is 50.8 Å². The molecule has 0 saturated carbocycles. The van der Waals surface area contributed by atoms with Crippen LogP contribution in [0.25, 0.3) is 0 Å². The van der Waals surface area contributed by atoms with Crippen molar-refractivity contribution in [2.45, 2.75) is 45.6 Å². The van der Waals surface area contributed by atoms with Crippen LogP contribution in [0, 0.1) is 13.8 Å². The summed E-state index contributed by atoms with van der Waals surface area (Å²) in [5.74, 6) is 0.737. The number of ether oxygens (including phenoxy) is 2. The van der Waals surface area contributed by atoms with E-state index in [4.69, 9.17) is 9.47 Å². The summed E-state index contributed by atoms with van der Waals surface area (Å²) in [6, 6.07) is 7.51. The van der Waals surface area contributed by atoms with Gasteiger partial charge < -0.3 is 14.8 Å². The van der Waals surface area contributed by atoms with Crippen LogP contribution < -0.4 is 10.1 Å². The summed E-state index contributed by atoms with van der Waals surface area (Å²) in [5, 5.41) is 7.34. The molecule has 0 aliphatic carbocycles. The van der Waals surface area contributed by atoms with Crippen molar-refractivity contribution in [3.63, 3.8) is 0 Å². The maximum Gasteiger partial charge on any atom is 0.224 e. The van der Waals surface area contributed by atoms with Gasteiger partial charge in [0.2, 0.25) is 5.91 Å². The number of benzene rings is 1. The third kappa shape index (κ3) is 4.64. The van der Waals surface area contributed by atoms with Gasteiger partial charge in [0.25, 0.3) is 0 Å². The van der Waals surface area contributed by atoms with Gasteiger partial charge >= 0.3 is 0 Å². The van der Waals surface area contributed by atoms with Crippen LogP contribution >= 0.6 is 0 Å². The molecule has 2 aromatic rings. The molecule has 1 unspecified atom stereocenters. The minimum absolute atomic E-state index is 0.0103. The van der Waals surface area contributed by atoms with E-state index in [2.05, 4.69) is 10.4 Å². The number of amides is 1. The third-order valence-corrected chi connectivity index (χ3v) is 4.84. The first-order valence-electron chi connectivity index (χ1n) is 9.16. The summed E-state index contributed by atoms with van der Waals surface area (Å²) in [7, 11) is 1.92. The molecule has 1 aromatic carbocycles.